The van der Waals surface area contributed by atoms with Crippen LogP contribution in [-0.2, 0) is 21.4 Å². The van der Waals surface area contributed by atoms with Crippen LogP contribution in [0.1, 0.15) is 38.3 Å². The number of hydrogen-bond acceptors (Lipinski definition) is 2. The molecule has 1 aromatic carbocycles. The van der Waals surface area contributed by atoms with E-state index < -0.39 is 17.9 Å². The third kappa shape index (κ3) is 4.39. The number of carboxylic acid groups (broad SMARTS) is 2. The van der Waals surface area contributed by atoms with Crippen LogP contribution in [0.5, 0.6) is 0 Å². The van der Waals surface area contributed by atoms with Crippen LogP contribution in [0.3, 0.4) is 0 Å². The van der Waals surface area contributed by atoms with Gasteiger partial charge in [0.05, 0.1) is 12.3 Å². The molecule has 0 spiro atoms. The standard InChI is InChI=1S/C15H20O4/c1-15(2,3)12-7-5-4-6-10(12)8-11(14(18)19)9-13(16)17/h4-7,11H,8-9H2,1-3H3,(H,16,17)(H,18,19). The second kappa shape index (κ2) is 5.87. The van der Waals surface area contributed by atoms with Gasteiger partial charge in [0.15, 0.2) is 0 Å². The first kappa shape index (κ1) is 15.2. The summed E-state index contributed by atoms with van der Waals surface area (Å²) in [5, 5.41) is 17.9. The number of aliphatic carboxylic acids is 2. The van der Waals surface area contributed by atoms with Crippen molar-refractivity contribution in [3.8, 4) is 0 Å². The minimum absolute atomic E-state index is 0.0944. The van der Waals surface area contributed by atoms with E-state index in [1.807, 2.05) is 24.3 Å². The number of carbonyl (C=O) groups is 2. The van der Waals surface area contributed by atoms with Crippen molar-refractivity contribution >= 4 is 11.9 Å². The van der Waals surface area contributed by atoms with E-state index in [1.165, 1.54) is 0 Å². The van der Waals surface area contributed by atoms with Gasteiger partial charge in [0.25, 0.3) is 0 Å². The molecule has 0 radical (unpaired) electrons. The van der Waals surface area contributed by atoms with Crippen molar-refractivity contribution < 1.29 is 19.8 Å². The minimum atomic E-state index is -1.08. The van der Waals surface area contributed by atoms with E-state index in [0.717, 1.165) is 11.1 Å². The molecule has 0 aliphatic heterocycles. The van der Waals surface area contributed by atoms with Crippen molar-refractivity contribution in [2.24, 2.45) is 5.92 Å². The summed E-state index contributed by atoms with van der Waals surface area (Å²) in [5.41, 5.74) is 1.87. The summed E-state index contributed by atoms with van der Waals surface area (Å²) in [5.74, 6) is -3.03. The molecule has 0 heterocycles. The fourth-order valence-electron chi connectivity index (χ4n) is 2.15. The van der Waals surface area contributed by atoms with Gasteiger partial charge in [-0.05, 0) is 23.0 Å². The monoisotopic (exact) mass is 264 g/mol. The van der Waals surface area contributed by atoms with E-state index in [9.17, 15) is 9.59 Å². The Labute approximate surface area is 113 Å². The number of benzene rings is 1. The van der Waals surface area contributed by atoms with Gasteiger partial charge in [-0.25, -0.2) is 0 Å². The Hall–Kier alpha value is -1.84. The van der Waals surface area contributed by atoms with Crippen molar-refractivity contribution in [2.45, 2.75) is 39.0 Å². The number of carboxylic acids is 2. The summed E-state index contributed by atoms with van der Waals surface area (Å²) < 4.78 is 0. The third-order valence-electron chi connectivity index (χ3n) is 3.06. The van der Waals surface area contributed by atoms with E-state index in [2.05, 4.69) is 20.8 Å². The molecule has 1 unspecified atom stereocenters. The lowest BCUT2D eigenvalue weighted by atomic mass is 9.81. The van der Waals surface area contributed by atoms with Crippen molar-refractivity contribution in [3.05, 3.63) is 35.4 Å². The van der Waals surface area contributed by atoms with Crippen molar-refractivity contribution in [1.29, 1.82) is 0 Å². The fourth-order valence-corrected chi connectivity index (χ4v) is 2.15. The van der Waals surface area contributed by atoms with Gasteiger partial charge in [-0.2, -0.15) is 0 Å². The van der Waals surface area contributed by atoms with Crippen LogP contribution in [0.15, 0.2) is 24.3 Å². The van der Waals surface area contributed by atoms with Gasteiger partial charge < -0.3 is 10.2 Å². The van der Waals surface area contributed by atoms with Crippen LogP contribution in [0.2, 0.25) is 0 Å². The Bertz CT molecular complexity index is 471. The van der Waals surface area contributed by atoms with Crippen LogP contribution < -0.4 is 0 Å². The summed E-state index contributed by atoms with van der Waals surface area (Å²) in [4.78, 5) is 21.9. The van der Waals surface area contributed by atoms with Crippen molar-refractivity contribution in [3.63, 3.8) is 0 Å². The van der Waals surface area contributed by atoms with Crippen LogP contribution in [0.4, 0.5) is 0 Å². The van der Waals surface area contributed by atoms with E-state index >= 15 is 0 Å². The summed E-state index contributed by atoms with van der Waals surface area (Å²) in [6, 6.07) is 7.61. The third-order valence-corrected chi connectivity index (χ3v) is 3.06. The predicted molar refractivity (Wildman–Crippen MR) is 72.2 cm³/mol. The van der Waals surface area contributed by atoms with Gasteiger partial charge in [-0.15, -0.1) is 0 Å². The van der Waals surface area contributed by atoms with Gasteiger partial charge in [-0.1, -0.05) is 45.0 Å². The Morgan fingerprint density at radius 2 is 1.74 bits per heavy atom. The summed E-state index contributed by atoms with van der Waals surface area (Å²) >= 11 is 0. The highest BCUT2D eigenvalue weighted by molar-refractivity contribution is 5.78. The van der Waals surface area contributed by atoms with Crippen LogP contribution in [-0.4, -0.2) is 22.2 Å². The molecule has 4 heteroatoms. The Morgan fingerprint density at radius 3 is 2.21 bits per heavy atom. The van der Waals surface area contributed by atoms with Gasteiger partial charge in [-0.3, -0.25) is 9.59 Å². The van der Waals surface area contributed by atoms with Gasteiger partial charge in [0.2, 0.25) is 0 Å². The molecule has 2 N–H and O–H groups in total. The lowest BCUT2D eigenvalue weighted by molar-refractivity contribution is -0.148. The lowest BCUT2D eigenvalue weighted by Gasteiger charge is -2.24. The molecule has 1 aromatic rings. The first-order chi connectivity index (χ1) is 8.71. The van der Waals surface area contributed by atoms with Crippen LogP contribution in [0, 0.1) is 5.92 Å². The largest absolute Gasteiger partial charge is 0.481 e. The first-order valence-corrected chi connectivity index (χ1v) is 6.25. The van der Waals surface area contributed by atoms with Gasteiger partial charge in [0, 0.05) is 0 Å². The molecule has 0 aliphatic carbocycles. The number of hydrogen-bond donors (Lipinski definition) is 2. The fraction of sp³-hybridized carbons (Fsp3) is 0.467. The normalized spacial score (nSPS) is 13.0. The molecular formula is C15H20O4. The van der Waals surface area contributed by atoms with E-state index in [1.54, 1.807) is 0 Å². The average molecular weight is 264 g/mol. The maximum absolute atomic E-state index is 11.1. The SMILES string of the molecule is CC(C)(C)c1ccccc1CC(CC(=O)O)C(=O)O. The molecular weight excluding hydrogens is 244 g/mol. The molecule has 1 atom stereocenters. The molecule has 1 rings (SSSR count). The van der Waals surface area contributed by atoms with Crippen LogP contribution >= 0.6 is 0 Å². The van der Waals surface area contributed by atoms with Crippen molar-refractivity contribution in [2.75, 3.05) is 0 Å². The second-order valence-corrected chi connectivity index (χ2v) is 5.74. The molecule has 0 aromatic heterocycles. The topological polar surface area (TPSA) is 74.6 Å². The highest BCUT2D eigenvalue weighted by atomic mass is 16.4. The van der Waals surface area contributed by atoms with E-state index in [0.29, 0.717) is 0 Å². The quantitative estimate of drug-likeness (QED) is 0.857. The predicted octanol–water partition coefficient (Wildman–Crippen LogP) is 2.70. The van der Waals surface area contributed by atoms with E-state index in [-0.39, 0.29) is 18.3 Å². The molecule has 19 heavy (non-hydrogen) atoms. The Balaban J connectivity index is 3.03. The zero-order valence-electron chi connectivity index (χ0n) is 11.5. The minimum Gasteiger partial charge on any atom is -0.481 e. The molecule has 0 saturated carbocycles. The Morgan fingerprint density at radius 1 is 1.16 bits per heavy atom. The van der Waals surface area contributed by atoms with E-state index in [4.69, 9.17) is 10.2 Å². The zero-order chi connectivity index (χ0) is 14.6. The second-order valence-electron chi connectivity index (χ2n) is 5.74. The van der Waals surface area contributed by atoms with Gasteiger partial charge in [0.1, 0.15) is 0 Å². The molecule has 0 saturated heterocycles. The van der Waals surface area contributed by atoms with Gasteiger partial charge >= 0.3 is 11.9 Å². The molecule has 0 aliphatic rings. The van der Waals surface area contributed by atoms with Crippen LogP contribution in [0.25, 0.3) is 0 Å². The summed E-state index contributed by atoms with van der Waals surface area (Å²) in [6.45, 7) is 6.16. The molecule has 104 valence electrons. The maximum atomic E-state index is 11.1. The maximum Gasteiger partial charge on any atom is 0.307 e. The van der Waals surface area contributed by atoms with Crippen molar-refractivity contribution in [1.82, 2.24) is 0 Å². The summed E-state index contributed by atoms with van der Waals surface area (Å²) in [7, 11) is 0. The smallest absolute Gasteiger partial charge is 0.307 e. The highest BCUT2D eigenvalue weighted by Crippen LogP contribution is 2.28. The first-order valence-electron chi connectivity index (χ1n) is 6.25. The molecule has 0 fully saturated rings. The Kier molecular flexibility index (Phi) is 4.70. The molecule has 0 amide bonds. The summed E-state index contributed by atoms with van der Waals surface area (Å²) in [6.07, 6.45) is -0.108. The molecule has 4 nitrogen and oxygen atoms in total. The zero-order valence-corrected chi connectivity index (χ0v) is 11.5. The molecule has 0 bridgehead atoms. The highest BCUT2D eigenvalue weighted by Gasteiger charge is 2.25. The number of rotatable bonds is 5. The average Bonchev–Trinajstić information content (AvgIpc) is 2.26. The lowest BCUT2D eigenvalue weighted by Crippen LogP contribution is -2.22.